The monoisotopic (exact) mass is 275 g/mol. The first-order chi connectivity index (χ1) is 9.29. The predicted octanol–water partition coefficient (Wildman–Crippen LogP) is 4.39. The molecule has 0 aliphatic rings. The fourth-order valence-corrected chi connectivity index (χ4v) is 2.53. The largest absolute Gasteiger partial charge is 0.489 e. The van der Waals surface area contributed by atoms with Gasteiger partial charge in [0.1, 0.15) is 12.4 Å². The third-order valence-corrected chi connectivity index (χ3v) is 3.80. The second-order valence-electron chi connectivity index (χ2n) is 4.67. The van der Waals surface area contributed by atoms with E-state index in [0.717, 1.165) is 18.7 Å². The molecule has 0 aliphatic heterocycles. The summed E-state index contributed by atoms with van der Waals surface area (Å²) in [6.07, 6.45) is 1.16. The van der Waals surface area contributed by atoms with Crippen molar-refractivity contribution < 1.29 is 4.74 Å². The standard InChI is InChI=1S/C16H21NOS/c1-3-9-17-13(2)15-4-6-16(7-5-15)18-11-14-8-10-19-12-14/h4-8,10,12-13,17H,3,9,11H2,1-2H3. The number of benzene rings is 1. The van der Waals surface area contributed by atoms with E-state index in [4.69, 9.17) is 4.74 Å². The Hall–Kier alpha value is -1.32. The van der Waals surface area contributed by atoms with Crippen LogP contribution in [0.2, 0.25) is 0 Å². The minimum absolute atomic E-state index is 0.394. The highest BCUT2D eigenvalue weighted by atomic mass is 32.1. The van der Waals surface area contributed by atoms with Crippen LogP contribution in [0, 0.1) is 0 Å². The maximum Gasteiger partial charge on any atom is 0.119 e. The summed E-state index contributed by atoms with van der Waals surface area (Å²) < 4.78 is 5.75. The predicted molar refractivity (Wildman–Crippen MR) is 81.8 cm³/mol. The van der Waals surface area contributed by atoms with Crippen LogP contribution in [-0.4, -0.2) is 6.54 Å². The molecule has 2 rings (SSSR count). The van der Waals surface area contributed by atoms with Crippen LogP contribution < -0.4 is 10.1 Å². The molecule has 1 atom stereocenters. The SMILES string of the molecule is CCCNC(C)c1ccc(OCc2ccsc2)cc1. The molecular weight excluding hydrogens is 254 g/mol. The van der Waals surface area contributed by atoms with Crippen molar-refractivity contribution in [3.8, 4) is 5.75 Å². The minimum Gasteiger partial charge on any atom is -0.489 e. The van der Waals surface area contributed by atoms with Crippen LogP contribution in [0.5, 0.6) is 5.75 Å². The van der Waals surface area contributed by atoms with E-state index < -0.39 is 0 Å². The molecule has 3 heteroatoms. The van der Waals surface area contributed by atoms with Gasteiger partial charge in [-0.1, -0.05) is 19.1 Å². The summed E-state index contributed by atoms with van der Waals surface area (Å²) in [5, 5.41) is 7.67. The lowest BCUT2D eigenvalue weighted by molar-refractivity contribution is 0.306. The zero-order valence-corrected chi connectivity index (χ0v) is 12.4. The third-order valence-electron chi connectivity index (χ3n) is 3.07. The molecule has 1 heterocycles. The Morgan fingerprint density at radius 1 is 1.21 bits per heavy atom. The van der Waals surface area contributed by atoms with E-state index in [-0.39, 0.29) is 0 Å². The molecule has 1 N–H and O–H groups in total. The van der Waals surface area contributed by atoms with E-state index in [9.17, 15) is 0 Å². The molecule has 0 radical (unpaired) electrons. The van der Waals surface area contributed by atoms with Gasteiger partial charge in [-0.05, 0) is 60.0 Å². The quantitative estimate of drug-likeness (QED) is 0.809. The second kappa shape index (κ2) is 7.31. The van der Waals surface area contributed by atoms with Crippen molar-refractivity contribution in [2.75, 3.05) is 6.54 Å². The van der Waals surface area contributed by atoms with E-state index in [1.165, 1.54) is 11.1 Å². The number of nitrogens with one attached hydrogen (secondary N) is 1. The molecule has 0 spiro atoms. The Kier molecular flexibility index (Phi) is 5.43. The molecular formula is C16H21NOS. The van der Waals surface area contributed by atoms with Crippen LogP contribution >= 0.6 is 11.3 Å². The van der Waals surface area contributed by atoms with Crippen molar-refractivity contribution >= 4 is 11.3 Å². The highest BCUT2D eigenvalue weighted by molar-refractivity contribution is 7.07. The molecule has 1 aromatic heterocycles. The average Bonchev–Trinajstić information content (AvgIpc) is 2.96. The number of rotatable bonds is 7. The molecule has 2 aromatic rings. The summed E-state index contributed by atoms with van der Waals surface area (Å²) in [6.45, 7) is 6.07. The molecule has 0 bridgehead atoms. The van der Waals surface area contributed by atoms with Gasteiger partial charge in [0.2, 0.25) is 0 Å². The average molecular weight is 275 g/mol. The van der Waals surface area contributed by atoms with Crippen LogP contribution in [0.3, 0.4) is 0 Å². The molecule has 0 saturated carbocycles. The molecule has 0 fully saturated rings. The minimum atomic E-state index is 0.394. The first-order valence-electron chi connectivity index (χ1n) is 6.77. The fraction of sp³-hybridized carbons (Fsp3) is 0.375. The van der Waals surface area contributed by atoms with Gasteiger partial charge in [-0.25, -0.2) is 0 Å². The van der Waals surface area contributed by atoms with Gasteiger partial charge in [0.05, 0.1) is 0 Å². The molecule has 102 valence electrons. The van der Waals surface area contributed by atoms with Gasteiger partial charge >= 0.3 is 0 Å². The van der Waals surface area contributed by atoms with Gasteiger partial charge in [0, 0.05) is 6.04 Å². The van der Waals surface area contributed by atoms with Crippen LogP contribution in [0.4, 0.5) is 0 Å². The van der Waals surface area contributed by atoms with E-state index in [0.29, 0.717) is 12.6 Å². The Bertz CT molecular complexity index is 464. The smallest absolute Gasteiger partial charge is 0.119 e. The van der Waals surface area contributed by atoms with Gasteiger partial charge < -0.3 is 10.1 Å². The summed E-state index contributed by atoms with van der Waals surface area (Å²) in [4.78, 5) is 0. The highest BCUT2D eigenvalue weighted by Gasteiger charge is 2.04. The van der Waals surface area contributed by atoms with Crippen LogP contribution in [0.1, 0.15) is 37.4 Å². The summed E-state index contributed by atoms with van der Waals surface area (Å²) >= 11 is 1.70. The first-order valence-corrected chi connectivity index (χ1v) is 7.71. The van der Waals surface area contributed by atoms with Crippen molar-refractivity contribution in [1.29, 1.82) is 0 Å². The maximum absolute atomic E-state index is 5.75. The Labute approximate surface area is 119 Å². The van der Waals surface area contributed by atoms with Crippen LogP contribution in [-0.2, 0) is 6.61 Å². The van der Waals surface area contributed by atoms with Crippen molar-refractivity contribution in [2.45, 2.75) is 32.9 Å². The zero-order valence-electron chi connectivity index (χ0n) is 11.6. The number of hydrogen-bond donors (Lipinski definition) is 1. The van der Waals surface area contributed by atoms with E-state index >= 15 is 0 Å². The fourth-order valence-electron chi connectivity index (χ4n) is 1.87. The van der Waals surface area contributed by atoms with Gasteiger partial charge in [0.25, 0.3) is 0 Å². The van der Waals surface area contributed by atoms with Gasteiger partial charge in [0.15, 0.2) is 0 Å². The summed E-state index contributed by atoms with van der Waals surface area (Å²) in [7, 11) is 0. The van der Waals surface area contributed by atoms with Gasteiger partial charge in [-0.3, -0.25) is 0 Å². The topological polar surface area (TPSA) is 21.3 Å². The lowest BCUT2D eigenvalue weighted by Crippen LogP contribution is -2.19. The third kappa shape index (κ3) is 4.37. The summed E-state index contributed by atoms with van der Waals surface area (Å²) in [5.41, 5.74) is 2.53. The van der Waals surface area contributed by atoms with E-state index in [2.05, 4.69) is 48.1 Å². The van der Waals surface area contributed by atoms with Crippen molar-refractivity contribution in [3.05, 3.63) is 52.2 Å². The molecule has 0 saturated heterocycles. The highest BCUT2D eigenvalue weighted by Crippen LogP contribution is 2.19. The molecule has 2 nitrogen and oxygen atoms in total. The Morgan fingerprint density at radius 3 is 2.63 bits per heavy atom. The number of thiophene rings is 1. The zero-order chi connectivity index (χ0) is 13.5. The van der Waals surface area contributed by atoms with Gasteiger partial charge in [-0.15, -0.1) is 0 Å². The number of ether oxygens (including phenoxy) is 1. The second-order valence-corrected chi connectivity index (χ2v) is 5.45. The number of hydrogen-bond acceptors (Lipinski definition) is 3. The lowest BCUT2D eigenvalue weighted by atomic mass is 10.1. The van der Waals surface area contributed by atoms with E-state index in [1.807, 2.05) is 12.1 Å². The normalized spacial score (nSPS) is 12.3. The maximum atomic E-state index is 5.75. The van der Waals surface area contributed by atoms with Crippen LogP contribution in [0.25, 0.3) is 0 Å². The Balaban J connectivity index is 1.87. The lowest BCUT2D eigenvalue weighted by Gasteiger charge is -2.14. The Morgan fingerprint density at radius 2 is 2.00 bits per heavy atom. The van der Waals surface area contributed by atoms with Crippen molar-refractivity contribution in [2.24, 2.45) is 0 Å². The summed E-state index contributed by atoms with van der Waals surface area (Å²) in [5.74, 6) is 0.928. The first kappa shape index (κ1) is 14.1. The summed E-state index contributed by atoms with van der Waals surface area (Å²) in [6, 6.07) is 10.9. The van der Waals surface area contributed by atoms with Crippen molar-refractivity contribution in [3.63, 3.8) is 0 Å². The van der Waals surface area contributed by atoms with Crippen molar-refractivity contribution in [1.82, 2.24) is 5.32 Å². The molecule has 19 heavy (non-hydrogen) atoms. The molecule has 1 aromatic carbocycles. The molecule has 1 unspecified atom stereocenters. The van der Waals surface area contributed by atoms with Crippen LogP contribution in [0.15, 0.2) is 41.1 Å². The van der Waals surface area contributed by atoms with E-state index in [1.54, 1.807) is 11.3 Å². The molecule has 0 aliphatic carbocycles. The van der Waals surface area contributed by atoms with Gasteiger partial charge in [-0.2, -0.15) is 11.3 Å². The molecule has 0 amide bonds.